The Labute approximate surface area is 113 Å². The highest BCUT2D eigenvalue weighted by molar-refractivity contribution is 5.65. The second-order valence-electron chi connectivity index (χ2n) is 4.01. The SMILES string of the molecule is O=C(O)NC(c1ccccn1)C(O)c1cccc(F)n1. The molecule has 6 nitrogen and oxygen atoms in total. The Morgan fingerprint density at radius 1 is 1.20 bits per heavy atom. The molecule has 0 spiro atoms. The molecule has 0 fully saturated rings. The lowest BCUT2D eigenvalue weighted by Gasteiger charge is -2.21. The molecule has 0 aliphatic rings. The Morgan fingerprint density at radius 3 is 2.55 bits per heavy atom. The first-order valence-corrected chi connectivity index (χ1v) is 5.79. The van der Waals surface area contributed by atoms with Crippen LogP contribution in [0.25, 0.3) is 0 Å². The first-order valence-electron chi connectivity index (χ1n) is 5.79. The molecule has 0 radical (unpaired) electrons. The van der Waals surface area contributed by atoms with Gasteiger partial charge in [-0.15, -0.1) is 0 Å². The summed E-state index contributed by atoms with van der Waals surface area (Å²) in [4.78, 5) is 18.4. The van der Waals surface area contributed by atoms with Gasteiger partial charge >= 0.3 is 6.09 Å². The van der Waals surface area contributed by atoms with Crippen LogP contribution in [0.5, 0.6) is 0 Å². The minimum Gasteiger partial charge on any atom is -0.465 e. The molecule has 104 valence electrons. The van der Waals surface area contributed by atoms with E-state index in [9.17, 15) is 14.3 Å². The molecule has 2 rings (SSSR count). The predicted molar refractivity (Wildman–Crippen MR) is 67.3 cm³/mol. The van der Waals surface area contributed by atoms with E-state index in [-0.39, 0.29) is 5.69 Å². The third kappa shape index (κ3) is 3.27. The molecule has 3 N–H and O–H groups in total. The van der Waals surface area contributed by atoms with E-state index < -0.39 is 24.2 Å². The van der Waals surface area contributed by atoms with Gasteiger partial charge in [-0.05, 0) is 24.3 Å². The number of carbonyl (C=O) groups is 1. The lowest BCUT2D eigenvalue weighted by Crippen LogP contribution is -2.32. The van der Waals surface area contributed by atoms with Crippen LogP contribution in [-0.4, -0.2) is 26.3 Å². The first kappa shape index (κ1) is 13.9. The number of hydrogen-bond acceptors (Lipinski definition) is 4. The summed E-state index contributed by atoms with van der Waals surface area (Å²) in [5.74, 6) is -0.753. The zero-order chi connectivity index (χ0) is 14.5. The quantitative estimate of drug-likeness (QED) is 0.739. The summed E-state index contributed by atoms with van der Waals surface area (Å²) >= 11 is 0. The van der Waals surface area contributed by atoms with Crippen LogP contribution in [0.15, 0.2) is 42.6 Å². The number of nitrogens with zero attached hydrogens (tertiary/aromatic N) is 2. The van der Waals surface area contributed by atoms with E-state index in [4.69, 9.17) is 5.11 Å². The van der Waals surface area contributed by atoms with Crippen LogP contribution >= 0.6 is 0 Å². The molecular weight excluding hydrogens is 265 g/mol. The summed E-state index contributed by atoms with van der Waals surface area (Å²) in [7, 11) is 0. The van der Waals surface area contributed by atoms with E-state index in [1.54, 1.807) is 18.2 Å². The van der Waals surface area contributed by atoms with Crippen molar-refractivity contribution >= 4 is 6.09 Å². The zero-order valence-corrected chi connectivity index (χ0v) is 10.3. The standard InChI is InChI=1S/C13H12FN3O3/c14-10-6-3-5-9(16-10)12(18)11(17-13(19)20)8-4-1-2-7-15-8/h1-7,11-12,17-18H,(H,19,20). The van der Waals surface area contributed by atoms with Crippen LogP contribution in [0.2, 0.25) is 0 Å². The number of pyridine rings is 2. The minimum absolute atomic E-state index is 0.0226. The molecule has 0 aliphatic carbocycles. The van der Waals surface area contributed by atoms with E-state index in [1.807, 2.05) is 0 Å². The molecule has 2 aromatic heterocycles. The van der Waals surface area contributed by atoms with Crippen molar-refractivity contribution in [2.24, 2.45) is 0 Å². The highest BCUT2D eigenvalue weighted by Crippen LogP contribution is 2.26. The van der Waals surface area contributed by atoms with Gasteiger partial charge in [0.05, 0.1) is 11.4 Å². The second-order valence-corrected chi connectivity index (χ2v) is 4.01. The monoisotopic (exact) mass is 277 g/mol. The first-order chi connectivity index (χ1) is 9.58. The molecule has 7 heteroatoms. The summed E-state index contributed by atoms with van der Waals surface area (Å²) in [5, 5.41) is 21.2. The Kier molecular flexibility index (Phi) is 4.21. The van der Waals surface area contributed by atoms with E-state index in [2.05, 4.69) is 15.3 Å². The Balaban J connectivity index is 2.33. The average Bonchev–Trinajstić information content (AvgIpc) is 2.45. The summed E-state index contributed by atoms with van der Waals surface area (Å²) < 4.78 is 13.1. The fraction of sp³-hybridized carbons (Fsp3) is 0.154. The summed E-state index contributed by atoms with van der Waals surface area (Å²) in [5.41, 5.74) is 0.336. The van der Waals surface area contributed by atoms with Crippen molar-refractivity contribution in [1.29, 1.82) is 0 Å². The van der Waals surface area contributed by atoms with Crippen molar-refractivity contribution in [2.45, 2.75) is 12.1 Å². The van der Waals surface area contributed by atoms with E-state index in [1.165, 1.54) is 18.3 Å². The molecule has 2 atom stereocenters. The normalized spacial score (nSPS) is 13.5. The van der Waals surface area contributed by atoms with Crippen molar-refractivity contribution in [3.63, 3.8) is 0 Å². The van der Waals surface area contributed by atoms with Crippen LogP contribution in [0, 0.1) is 5.95 Å². The average molecular weight is 277 g/mol. The maximum Gasteiger partial charge on any atom is 0.405 e. The van der Waals surface area contributed by atoms with E-state index in [0.717, 1.165) is 6.07 Å². The Bertz CT molecular complexity index is 594. The van der Waals surface area contributed by atoms with Gasteiger partial charge in [0.25, 0.3) is 0 Å². The topological polar surface area (TPSA) is 95.3 Å². The van der Waals surface area contributed by atoms with Gasteiger partial charge in [-0.25, -0.2) is 9.78 Å². The largest absolute Gasteiger partial charge is 0.465 e. The van der Waals surface area contributed by atoms with Gasteiger partial charge in [-0.2, -0.15) is 4.39 Å². The van der Waals surface area contributed by atoms with Crippen molar-refractivity contribution < 1.29 is 19.4 Å². The molecular formula is C13H12FN3O3. The molecule has 2 aromatic rings. The number of amides is 1. The molecule has 2 unspecified atom stereocenters. The molecule has 0 aliphatic heterocycles. The number of aromatic nitrogens is 2. The van der Waals surface area contributed by atoms with Crippen LogP contribution < -0.4 is 5.32 Å². The number of aliphatic hydroxyl groups excluding tert-OH is 1. The fourth-order valence-corrected chi connectivity index (χ4v) is 1.77. The van der Waals surface area contributed by atoms with E-state index in [0.29, 0.717) is 5.69 Å². The number of rotatable bonds is 4. The Morgan fingerprint density at radius 2 is 1.95 bits per heavy atom. The van der Waals surface area contributed by atoms with Crippen LogP contribution in [0.4, 0.5) is 9.18 Å². The van der Waals surface area contributed by atoms with Gasteiger partial charge in [0.15, 0.2) is 0 Å². The highest BCUT2D eigenvalue weighted by Gasteiger charge is 2.26. The van der Waals surface area contributed by atoms with Crippen molar-refractivity contribution in [3.05, 3.63) is 59.9 Å². The second kappa shape index (κ2) is 6.07. The molecule has 0 aromatic carbocycles. The molecule has 2 heterocycles. The van der Waals surface area contributed by atoms with Crippen LogP contribution in [0.3, 0.4) is 0 Å². The number of hydrogen-bond donors (Lipinski definition) is 3. The summed E-state index contributed by atoms with van der Waals surface area (Å²) in [6, 6.07) is 7.77. The van der Waals surface area contributed by atoms with Gasteiger partial charge in [-0.3, -0.25) is 4.98 Å². The number of aliphatic hydroxyl groups is 1. The number of nitrogens with one attached hydrogen (secondary N) is 1. The summed E-state index contributed by atoms with van der Waals surface area (Å²) in [6.45, 7) is 0. The van der Waals surface area contributed by atoms with Crippen LogP contribution in [0.1, 0.15) is 23.5 Å². The molecule has 1 amide bonds. The van der Waals surface area contributed by atoms with Crippen LogP contribution in [-0.2, 0) is 0 Å². The van der Waals surface area contributed by atoms with Gasteiger partial charge < -0.3 is 15.5 Å². The van der Waals surface area contributed by atoms with Gasteiger partial charge in [0.1, 0.15) is 12.1 Å². The molecule has 0 bridgehead atoms. The van der Waals surface area contributed by atoms with Crippen molar-refractivity contribution in [1.82, 2.24) is 15.3 Å². The van der Waals surface area contributed by atoms with Crippen molar-refractivity contribution in [3.8, 4) is 0 Å². The lowest BCUT2D eigenvalue weighted by atomic mass is 10.0. The van der Waals surface area contributed by atoms with Gasteiger partial charge in [0.2, 0.25) is 5.95 Å². The number of carboxylic acid groups (broad SMARTS) is 1. The smallest absolute Gasteiger partial charge is 0.405 e. The molecule has 0 saturated heterocycles. The molecule has 20 heavy (non-hydrogen) atoms. The summed E-state index contributed by atoms with van der Waals surface area (Å²) in [6.07, 6.45) is -1.20. The van der Waals surface area contributed by atoms with Crippen molar-refractivity contribution in [2.75, 3.05) is 0 Å². The predicted octanol–water partition coefficient (Wildman–Crippen LogP) is 1.66. The van der Waals surface area contributed by atoms with E-state index >= 15 is 0 Å². The fourth-order valence-electron chi connectivity index (χ4n) is 1.77. The third-order valence-corrected chi connectivity index (χ3v) is 2.64. The third-order valence-electron chi connectivity index (χ3n) is 2.64. The maximum absolute atomic E-state index is 13.1. The van der Waals surface area contributed by atoms with Gasteiger partial charge in [0, 0.05) is 6.20 Å². The highest BCUT2D eigenvalue weighted by atomic mass is 19.1. The maximum atomic E-state index is 13.1. The Hall–Kier alpha value is -2.54. The molecule has 0 saturated carbocycles. The number of halogens is 1. The minimum atomic E-state index is -1.35. The zero-order valence-electron chi connectivity index (χ0n) is 10.3. The lowest BCUT2D eigenvalue weighted by molar-refractivity contribution is 0.114. The van der Waals surface area contributed by atoms with Gasteiger partial charge in [-0.1, -0.05) is 12.1 Å².